The van der Waals surface area contributed by atoms with Gasteiger partial charge >= 0.3 is 0 Å². The second-order valence-electron chi connectivity index (χ2n) is 4.49. The Morgan fingerprint density at radius 1 is 1.40 bits per heavy atom. The fourth-order valence-electron chi connectivity index (χ4n) is 2.56. The molecule has 2 aliphatic heterocycles. The number of hydrogen-bond donors (Lipinski definition) is 2. The highest BCUT2D eigenvalue weighted by molar-refractivity contribution is 5.22. The third-order valence-electron chi connectivity index (χ3n) is 3.53. The van der Waals surface area contributed by atoms with Gasteiger partial charge in [0.15, 0.2) is 0 Å². The number of nitrogens with zero attached hydrogens (tertiary/aromatic N) is 2. The van der Waals surface area contributed by atoms with Gasteiger partial charge in [0.2, 0.25) is 0 Å². The number of aliphatic hydroxyl groups is 1. The highest BCUT2D eigenvalue weighted by atomic mass is 16.3. The van der Waals surface area contributed by atoms with Crippen molar-refractivity contribution in [3.63, 3.8) is 0 Å². The minimum atomic E-state index is 0.0927. The average Bonchev–Trinajstić information content (AvgIpc) is 2.55. The summed E-state index contributed by atoms with van der Waals surface area (Å²) >= 11 is 0. The largest absolute Gasteiger partial charge is 0.390 e. The van der Waals surface area contributed by atoms with Crippen LogP contribution in [0.15, 0.2) is 0 Å². The second kappa shape index (κ2) is 3.61. The minimum absolute atomic E-state index is 0.0927. The molecule has 82 valence electrons. The lowest BCUT2D eigenvalue weighted by molar-refractivity contribution is 0.275. The summed E-state index contributed by atoms with van der Waals surface area (Å²) in [5.41, 5.74) is 2.20. The van der Waals surface area contributed by atoms with Gasteiger partial charge in [0, 0.05) is 31.2 Å². The van der Waals surface area contributed by atoms with Crippen LogP contribution >= 0.6 is 0 Å². The Kier molecular flexibility index (Phi) is 2.25. The number of imidazole rings is 1. The Bertz CT molecular complexity index is 368. The van der Waals surface area contributed by atoms with Gasteiger partial charge < -0.3 is 15.0 Å². The third kappa shape index (κ3) is 1.40. The molecule has 0 radical (unpaired) electrons. The van der Waals surface area contributed by atoms with E-state index in [4.69, 9.17) is 0 Å². The molecular weight excluding hydrogens is 190 g/mol. The summed E-state index contributed by atoms with van der Waals surface area (Å²) < 4.78 is 2.35. The molecule has 4 heteroatoms. The van der Waals surface area contributed by atoms with Gasteiger partial charge in [-0.15, -0.1) is 0 Å². The van der Waals surface area contributed by atoms with E-state index >= 15 is 0 Å². The molecule has 1 fully saturated rings. The molecule has 0 amide bonds. The highest BCUT2D eigenvalue weighted by Crippen LogP contribution is 2.27. The molecule has 3 heterocycles. The highest BCUT2D eigenvalue weighted by Gasteiger charge is 2.28. The fraction of sp³-hybridized carbons (Fsp3) is 0.727. The summed E-state index contributed by atoms with van der Waals surface area (Å²) in [5, 5.41) is 12.6. The lowest BCUT2D eigenvalue weighted by Gasteiger charge is -2.28. The standard InChI is InChI=1S/C11H17N3O/c15-7-9-10-3-1-2-4-14(10)11(13-9)8-5-12-6-8/h8,12,15H,1-7H2. The van der Waals surface area contributed by atoms with E-state index in [-0.39, 0.29) is 6.61 Å². The lowest BCUT2D eigenvalue weighted by Crippen LogP contribution is -2.41. The van der Waals surface area contributed by atoms with Crippen molar-refractivity contribution in [3.8, 4) is 0 Å². The van der Waals surface area contributed by atoms with Gasteiger partial charge in [-0.2, -0.15) is 0 Å². The number of hydrogen-bond acceptors (Lipinski definition) is 3. The van der Waals surface area contributed by atoms with Crippen molar-refractivity contribution in [2.75, 3.05) is 13.1 Å². The summed E-state index contributed by atoms with van der Waals surface area (Å²) in [5.74, 6) is 1.77. The second-order valence-corrected chi connectivity index (χ2v) is 4.49. The van der Waals surface area contributed by atoms with Gasteiger partial charge in [-0.05, 0) is 19.3 Å². The molecule has 1 aromatic rings. The zero-order valence-corrected chi connectivity index (χ0v) is 8.87. The van der Waals surface area contributed by atoms with Crippen molar-refractivity contribution in [2.24, 2.45) is 0 Å². The van der Waals surface area contributed by atoms with Crippen LogP contribution in [0.4, 0.5) is 0 Å². The molecule has 0 spiro atoms. The molecule has 0 aromatic carbocycles. The van der Waals surface area contributed by atoms with Crippen LogP contribution in [0.25, 0.3) is 0 Å². The number of aliphatic hydroxyl groups excluding tert-OH is 1. The molecule has 0 atom stereocenters. The Balaban J connectivity index is 2.01. The van der Waals surface area contributed by atoms with E-state index in [1.54, 1.807) is 0 Å². The molecular formula is C11H17N3O. The van der Waals surface area contributed by atoms with Crippen LogP contribution in [0.5, 0.6) is 0 Å². The van der Waals surface area contributed by atoms with Crippen molar-refractivity contribution in [1.82, 2.24) is 14.9 Å². The maximum atomic E-state index is 9.29. The maximum absolute atomic E-state index is 9.29. The van der Waals surface area contributed by atoms with Crippen LogP contribution < -0.4 is 5.32 Å². The van der Waals surface area contributed by atoms with Crippen LogP contribution in [0.3, 0.4) is 0 Å². The number of fused-ring (bicyclic) bond motifs is 1. The van der Waals surface area contributed by atoms with Crippen molar-refractivity contribution < 1.29 is 5.11 Å². The lowest BCUT2D eigenvalue weighted by atomic mass is 10.0. The first kappa shape index (κ1) is 9.36. The average molecular weight is 207 g/mol. The molecule has 4 nitrogen and oxygen atoms in total. The zero-order chi connectivity index (χ0) is 10.3. The first-order chi connectivity index (χ1) is 7.40. The molecule has 1 aromatic heterocycles. The zero-order valence-electron chi connectivity index (χ0n) is 8.87. The summed E-state index contributed by atoms with van der Waals surface area (Å²) in [7, 11) is 0. The van der Waals surface area contributed by atoms with Crippen molar-refractivity contribution in [1.29, 1.82) is 0 Å². The first-order valence-electron chi connectivity index (χ1n) is 5.80. The molecule has 1 saturated heterocycles. The monoisotopic (exact) mass is 207 g/mol. The fourth-order valence-corrected chi connectivity index (χ4v) is 2.56. The smallest absolute Gasteiger partial charge is 0.114 e. The molecule has 15 heavy (non-hydrogen) atoms. The summed E-state index contributed by atoms with van der Waals surface area (Å²) in [4.78, 5) is 4.61. The number of nitrogens with one attached hydrogen (secondary N) is 1. The predicted molar refractivity (Wildman–Crippen MR) is 56.7 cm³/mol. The maximum Gasteiger partial charge on any atom is 0.114 e. The van der Waals surface area contributed by atoms with E-state index in [1.807, 2.05) is 0 Å². The van der Waals surface area contributed by atoms with Crippen LogP contribution in [0.2, 0.25) is 0 Å². The molecule has 2 aliphatic rings. The molecule has 0 bridgehead atoms. The van der Waals surface area contributed by atoms with Gasteiger partial charge in [0.1, 0.15) is 5.82 Å². The van der Waals surface area contributed by atoms with E-state index in [1.165, 1.54) is 24.4 Å². The quantitative estimate of drug-likeness (QED) is 0.738. The Hall–Kier alpha value is -0.870. The molecule has 0 unspecified atom stereocenters. The Morgan fingerprint density at radius 3 is 2.93 bits per heavy atom. The van der Waals surface area contributed by atoms with Gasteiger partial charge in [0.25, 0.3) is 0 Å². The normalized spacial score (nSPS) is 21.1. The third-order valence-corrected chi connectivity index (χ3v) is 3.53. The van der Waals surface area contributed by atoms with Crippen LogP contribution in [0.1, 0.15) is 36.0 Å². The van der Waals surface area contributed by atoms with Crippen LogP contribution in [0, 0.1) is 0 Å². The van der Waals surface area contributed by atoms with Crippen LogP contribution in [-0.2, 0) is 19.6 Å². The first-order valence-corrected chi connectivity index (χ1v) is 5.80. The minimum Gasteiger partial charge on any atom is -0.390 e. The number of rotatable bonds is 2. The summed E-state index contributed by atoms with van der Waals surface area (Å²) in [6.45, 7) is 3.27. The molecule has 0 aliphatic carbocycles. The van der Waals surface area contributed by atoms with E-state index in [0.717, 1.165) is 31.7 Å². The predicted octanol–water partition coefficient (Wildman–Crippen LogP) is 0.398. The SMILES string of the molecule is OCc1nc(C2CNC2)n2c1CCCC2. The van der Waals surface area contributed by atoms with Gasteiger partial charge in [-0.25, -0.2) is 4.98 Å². The molecule has 3 rings (SSSR count). The molecule has 0 saturated carbocycles. The van der Waals surface area contributed by atoms with Gasteiger partial charge in [0.05, 0.1) is 12.3 Å². The Labute approximate surface area is 89.3 Å². The van der Waals surface area contributed by atoms with E-state index in [9.17, 15) is 5.11 Å². The van der Waals surface area contributed by atoms with E-state index < -0.39 is 0 Å². The van der Waals surface area contributed by atoms with Crippen molar-refractivity contribution >= 4 is 0 Å². The summed E-state index contributed by atoms with van der Waals surface area (Å²) in [6.07, 6.45) is 3.57. The topological polar surface area (TPSA) is 50.1 Å². The van der Waals surface area contributed by atoms with Gasteiger partial charge in [-0.3, -0.25) is 0 Å². The van der Waals surface area contributed by atoms with E-state index in [0.29, 0.717) is 5.92 Å². The van der Waals surface area contributed by atoms with Gasteiger partial charge in [-0.1, -0.05) is 0 Å². The van der Waals surface area contributed by atoms with Crippen molar-refractivity contribution in [2.45, 2.75) is 38.3 Å². The van der Waals surface area contributed by atoms with E-state index in [2.05, 4.69) is 14.9 Å². The number of aromatic nitrogens is 2. The summed E-state index contributed by atoms with van der Waals surface area (Å²) in [6, 6.07) is 0. The molecule has 2 N–H and O–H groups in total. The van der Waals surface area contributed by atoms with Crippen LogP contribution in [-0.4, -0.2) is 27.7 Å². The Morgan fingerprint density at radius 2 is 2.27 bits per heavy atom. The van der Waals surface area contributed by atoms with Crippen molar-refractivity contribution in [3.05, 3.63) is 17.2 Å².